The van der Waals surface area contributed by atoms with Crippen molar-refractivity contribution < 1.29 is 8.83 Å². The van der Waals surface area contributed by atoms with Gasteiger partial charge in [0.15, 0.2) is 5.43 Å². The standard InChI is InChI=1S/C17H10O4S/c1-9-7-15(19)20-12-5-4-10-11(18)8-13(14-3-2-6-22-14)21-17(10)16(9)12/h2-8H,1H3. The van der Waals surface area contributed by atoms with E-state index in [1.807, 2.05) is 17.5 Å². The molecule has 0 amide bonds. The number of benzene rings is 1. The summed E-state index contributed by atoms with van der Waals surface area (Å²) in [6.07, 6.45) is 0. The first-order valence-corrected chi connectivity index (χ1v) is 7.56. The minimum atomic E-state index is -0.416. The summed E-state index contributed by atoms with van der Waals surface area (Å²) in [6, 6.07) is 9.95. The molecule has 4 aromatic rings. The average Bonchev–Trinajstić information content (AvgIpc) is 3.00. The molecule has 5 heteroatoms. The summed E-state index contributed by atoms with van der Waals surface area (Å²) in [7, 11) is 0. The van der Waals surface area contributed by atoms with Crippen molar-refractivity contribution in [2.24, 2.45) is 0 Å². The number of aryl methyl sites for hydroxylation is 1. The van der Waals surface area contributed by atoms with Gasteiger partial charge in [-0.25, -0.2) is 4.79 Å². The molecular formula is C17H10O4S. The molecule has 0 fully saturated rings. The third-order valence-corrected chi connectivity index (χ3v) is 4.45. The Bertz CT molecular complexity index is 1120. The predicted molar refractivity (Wildman–Crippen MR) is 86.6 cm³/mol. The molecule has 1 aromatic carbocycles. The monoisotopic (exact) mass is 310 g/mol. The first-order chi connectivity index (χ1) is 10.6. The van der Waals surface area contributed by atoms with E-state index in [0.717, 1.165) is 10.4 Å². The topological polar surface area (TPSA) is 60.4 Å². The van der Waals surface area contributed by atoms with Crippen LogP contribution in [-0.4, -0.2) is 0 Å². The van der Waals surface area contributed by atoms with Gasteiger partial charge in [-0.05, 0) is 36.1 Å². The second-order valence-corrected chi connectivity index (χ2v) is 5.96. The minimum Gasteiger partial charge on any atom is -0.454 e. The van der Waals surface area contributed by atoms with Crippen molar-refractivity contribution in [2.75, 3.05) is 0 Å². The third kappa shape index (κ3) is 1.90. The third-order valence-electron chi connectivity index (χ3n) is 3.56. The fourth-order valence-corrected chi connectivity index (χ4v) is 3.26. The SMILES string of the molecule is Cc1cc(=O)oc2ccc3c(=O)cc(-c4cccs4)oc3c12. The van der Waals surface area contributed by atoms with Crippen molar-refractivity contribution >= 4 is 33.3 Å². The Morgan fingerprint density at radius 2 is 1.91 bits per heavy atom. The minimum absolute atomic E-state index is 0.114. The molecule has 3 heterocycles. The molecule has 0 saturated heterocycles. The normalized spacial score (nSPS) is 11.3. The number of rotatable bonds is 1. The van der Waals surface area contributed by atoms with Gasteiger partial charge in [0.1, 0.15) is 16.9 Å². The zero-order valence-corrected chi connectivity index (χ0v) is 12.4. The predicted octanol–water partition coefficient (Wildman–Crippen LogP) is 3.94. The van der Waals surface area contributed by atoms with E-state index in [1.165, 1.54) is 23.5 Å². The van der Waals surface area contributed by atoms with Crippen LogP contribution in [0.25, 0.3) is 32.6 Å². The molecule has 0 atom stereocenters. The zero-order chi connectivity index (χ0) is 15.3. The molecule has 0 aliphatic heterocycles. The van der Waals surface area contributed by atoms with E-state index in [9.17, 15) is 9.59 Å². The highest BCUT2D eigenvalue weighted by Gasteiger charge is 2.13. The van der Waals surface area contributed by atoms with Gasteiger partial charge in [-0.1, -0.05) is 6.07 Å². The first kappa shape index (κ1) is 13.0. The molecule has 0 N–H and O–H groups in total. The van der Waals surface area contributed by atoms with Gasteiger partial charge in [-0.2, -0.15) is 0 Å². The molecule has 0 unspecified atom stereocenters. The lowest BCUT2D eigenvalue weighted by atomic mass is 10.1. The van der Waals surface area contributed by atoms with Crippen LogP contribution in [0.2, 0.25) is 0 Å². The number of thiophene rings is 1. The smallest absolute Gasteiger partial charge is 0.336 e. The van der Waals surface area contributed by atoms with Crippen LogP contribution in [0.5, 0.6) is 0 Å². The Morgan fingerprint density at radius 3 is 2.68 bits per heavy atom. The Morgan fingerprint density at radius 1 is 1.05 bits per heavy atom. The zero-order valence-electron chi connectivity index (χ0n) is 11.6. The molecule has 0 aliphatic carbocycles. The molecule has 4 rings (SSSR count). The van der Waals surface area contributed by atoms with Crippen molar-refractivity contribution in [3.05, 3.63) is 68.0 Å². The Kier molecular flexibility index (Phi) is 2.77. The fourth-order valence-electron chi connectivity index (χ4n) is 2.59. The summed E-state index contributed by atoms with van der Waals surface area (Å²) < 4.78 is 11.2. The molecular weight excluding hydrogens is 300 g/mol. The first-order valence-electron chi connectivity index (χ1n) is 6.69. The van der Waals surface area contributed by atoms with Crippen LogP contribution in [0.4, 0.5) is 0 Å². The van der Waals surface area contributed by atoms with Crippen LogP contribution < -0.4 is 11.1 Å². The molecule has 0 bridgehead atoms. The van der Waals surface area contributed by atoms with Crippen LogP contribution in [0.1, 0.15) is 5.56 Å². The maximum absolute atomic E-state index is 12.4. The van der Waals surface area contributed by atoms with Crippen molar-refractivity contribution in [1.29, 1.82) is 0 Å². The summed E-state index contributed by atoms with van der Waals surface area (Å²) >= 11 is 1.50. The van der Waals surface area contributed by atoms with Crippen molar-refractivity contribution in [3.8, 4) is 10.6 Å². The molecule has 0 radical (unpaired) electrons. The Hall–Kier alpha value is -2.66. The molecule has 0 spiro atoms. The maximum Gasteiger partial charge on any atom is 0.336 e. The highest BCUT2D eigenvalue weighted by atomic mass is 32.1. The van der Waals surface area contributed by atoms with Gasteiger partial charge < -0.3 is 8.83 Å². The van der Waals surface area contributed by atoms with Crippen molar-refractivity contribution in [1.82, 2.24) is 0 Å². The number of fused-ring (bicyclic) bond motifs is 3. The van der Waals surface area contributed by atoms with E-state index >= 15 is 0 Å². The van der Waals surface area contributed by atoms with Crippen LogP contribution in [0.15, 0.2) is 60.2 Å². The highest BCUT2D eigenvalue weighted by Crippen LogP contribution is 2.30. The van der Waals surface area contributed by atoms with Gasteiger partial charge in [0.05, 0.1) is 15.6 Å². The highest BCUT2D eigenvalue weighted by molar-refractivity contribution is 7.13. The van der Waals surface area contributed by atoms with Gasteiger partial charge in [0.2, 0.25) is 0 Å². The van der Waals surface area contributed by atoms with Gasteiger partial charge in [0.25, 0.3) is 0 Å². The van der Waals surface area contributed by atoms with Crippen molar-refractivity contribution in [3.63, 3.8) is 0 Å². The summed E-state index contributed by atoms with van der Waals surface area (Å²) in [5.41, 5.74) is 1.07. The lowest BCUT2D eigenvalue weighted by Crippen LogP contribution is -2.03. The number of hydrogen-bond acceptors (Lipinski definition) is 5. The van der Waals surface area contributed by atoms with E-state index in [0.29, 0.717) is 27.7 Å². The van der Waals surface area contributed by atoms with E-state index in [4.69, 9.17) is 8.83 Å². The number of hydrogen-bond donors (Lipinski definition) is 0. The fraction of sp³-hybridized carbons (Fsp3) is 0.0588. The molecule has 0 aliphatic rings. The largest absolute Gasteiger partial charge is 0.454 e. The maximum atomic E-state index is 12.4. The van der Waals surface area contributed by atoms with Crippen LogP contribution in [0, 0.1) is 6.92 Å². The van der Waals surface area contributed by atoms with Gasteiger partial charge in [0, 0.05) is 12.1 Å². The van der Waals surface area contributed by atoms with Crippen LogP contribution >= 0.6 is 11.3 Å². The lowest BCUT2D eigenvalue weighted by Gasteiger charge is -2.06. The Balaban J connectivity index is 2.21. The quantitative estimate of drug-likeness (QED) is 0.395. The lowest BCUT2D eigenvalue weighted by molar-refractivity contribution is 0.558. The molecule has 3 aromatic heterocycles. The van der Waals surface area contributed by atoms with Gasteiger partial charge >= 0.3 is 5.63 Å². The van der Waals surface area contributed by atoms with E-state index in [1.54, 1.807) is 19.1 Å². The molecule has 0 saturated carbocycles. The van der Waals surface area contributed by atoms with Gasteiger partial charge in [-0.3, -0.25) is 4.79 Å². The Labute approximate surface area is 128 Å². The average molecular weight is 310 g/mol. The molecule has 22 heavy (non-hydrogen) atoms. The van der Waals surface area contributed by atoms with Crippen molar-refractivity contribution in [2.45, 2.75) is 6.92 Å². The summed E-state index contributed by atoms with van der Waals surface area (Å²) in [5.74, 6) is 0.519. The second-order valence-electron chi connectivity index (χ2n) is 5.02. The molecule has 4 nitrogen and oxygen atoms in total. The van der Waals surface area contributed by atoms with Crippen LogP contribution in [0.3, 0.4) is 0 Å². The summed E-state index contributed by atoms with van der Waals surface area (Å²) in [5, 5.41) is 3.06. The van der Waals surface area contributed by atoms with E-state index in [-0.39, 0.29) is 5.43 Å². The van der Waals surface area contributed by atoms with E-state index in [2.05, 4.69) is 0 Å². The molecule has 108 valence electrons. The van der Waals surface area contributed by atoms with Crippen LogP contribution in [-0.2, 0) is 0 Å². The van der Waals surface area contributed by atoms with E-state index < -0.39 is 5.63 Å². The summed E-state index contributed by atoms with van der Waals surface area (Å²) in [4.78, 5) is 24.8. The summed E-state index contributed by atoms with van der Waals surface area (Å²) in [6.45, 7) is 1.80. The second kappa shape index (κ2) is 4.68. The van der Waals surface area contributed by atoms with Gasteiger partial charge in [-0.15, -0.1) is 11.3 Å².